The molecule has 0 aromatic heterocycles. The van der Waals surface area contributed by atoms with Gasteiger partial charge in [-0.15, -0.1) is 0 Å². The van der Waals surface area contributed by atoms with Crippen LogP contribution in [-0.4, -0.2) is 38.1 Å². The summed E-state index contributed by atoms with van der Waals surface area (Å²) in [4.78, 5) is 38.6. The summed E-state index contributed by atoms with van der Waals surface area (Å²) in [5, 5.41) is 3.77. The Morgan fingerprint density at radius 2 is 1.92 bits per heavy atom. The number of methoxy groups -OCH3 is 1. The first-order valence-electron chi connectivity index (χ1n) is 11.5. The van der Waals surface area contributed by atoms with E-state index in [9.17, 15) is 14.4 Å². The van der Waals surface area contributed by atoms with Gasteiger partial charge in [-0.1, -0.05) is 35.3 Å². The molecule has 1 heterocycles. The molecule has 3 aromatic rings. The maximum absolute atomic E-state index is 12.7. The number of hydrogen-bond donors (Lipinski definition) is 1. The topological polar surface area (TPSA) is 94.2 Å². The SMILES string of the molecule is COC(=O)c1cccc(CN2C(=O)COc3ccc(NC(=O)CCCOc4ccc(Cl)cc4Cl)cc32)c1. The largest absolute Gasteiger partial charge is 0.492 e. The first kappa shape index (κ1) is 26.3. The molecule has 2 amide bonds. The van der Waals surface area contributed by atoms with Crippen molar-refractivity contribution in [2.45, 2.75) is 19.4 Å². The van der Waals surface area contributed by atoms with Crippen molar-refractivity contribution in [3.8, 4) is 11.5 Å². The van der Waals surface area contributed by atoms with Gasteiger partial charge in [-0.05, 0) is 60.5 Å². The van der Waals surface area contributed by atoms with Gasteiger partial charge in [-0.3, -0.25) is 9.59 Å². The highest BCUT2D eigenvalue weighted by Gasteiger charge is 2.26. The summed E-state index contributed by atoms with van der Waals surface area (Å²) in [6, 6.07) is 16.9. The molecule has 192 valence electrons. The minimum Gasteiger partial charge on any atom is -0.492 e. The summed E-state index contributed by atoms with van der Waals surface area (Å²) >= 11 is 12.0. The Labute approximate surface area is 224 Å². The predicted octanol–water partition coefficient (Wildman–Crippen LogP) is 5.50. The second-order valence-electron chi connectivity index (χ2n) is 8.22. The molecule has 0 fully saturated rings. The van der Waals surface area contributed by atoms with Crippen LogP contribution in [0.4, 0.5) is 11.4 Å². The van der Waals surface area contributed by atoms with E-state index in [4.69, 9.17) is 37.4 Å². The number of carbonyl (C=O) groups excluding carboxylic acids is 3. The monoisotopic (exact) mass is 542 g/mol. The molecular weight excluding hydrogens is 519 g/mol. The number of hydrogen-bond acceptors (Lipinski definition) is 6. The normalized spacial score (nSPS) is 12.4. The van der Waals surface area contributed by atoms with Gasteiger partial charge in [0.15, 0.2) is 6.61 Å². The number of anilines is 2. The van der Waals surface area contributed by atoms with Gasteiger partial charge in [-0.25, -0.2) is 4.79 Å². The number of halogens is 2. The molecule has 1 aliphatic rings. The molecule has 10 heteroatoms. The van der Waals surface area contributed by atoms with E-state index >= 15 is 0 Å². The van der Waals surface area contributed by atoms with Crippen LogP contribution in [0.3, 0.4) is 0 Å². The van der Waals surface area contributed by atoms with Crippen LogP contribution in [0.2, 0.25) is 10.0 Å². The minimum absolute atomic E-state index is 0.104. The van der Waals surface area contributed by atoms with Crippen molar-refractivity contribution in [3.63, 3.8) is 0 Å². The summed E-state index contributed by atoms with van der Waals surface area (Å²) < 4.78 is 16.0. The van der Waals surface area contributed by atoms with Crippen LogP contribution in [0, 0.1) is 0 Å². The number of carbonyl (C=O) groups is 3. The van der Waals surface area contributed by atoms with Crippen molar-refractivity contribution < 1.29 is 28.6 Å². The standard InChI is InChI=1S/C27H24Cl2N2O6/c1-35-27(34)18-5-2-4-17(12-18)15-31-22-14-20(8-10-24(22)37-16-26(31)33)30-25(32)6-3-11-36-23-9-7-19(28)13-21(23)29/h2,4-5,7-10,12-14H,3,6,11,15-16H2,1H3,(H,30,32). The molecule has 8 nitrogen and oxygen atoms in total. The summed E-state index contributed by atoms with van der Waals surface area (Å²) in [6.45, 7) is 0.425. The van der Waals surface area contributed by atoms with Crippen LogP contribution < -0.4 is 19.7 Å². The summed E-state index contributed by atoms with van der Waals surface area (Å²) in [5.74, 6) is 0.129. The van der Waals surface area contributed by atoms with Gasteiger partial charge in [0, 0.05) is 17.1 Å². The van der Waals surface area contributed by atoms with Gasteiger partial charge in [0.2, 0.25) is 5.91 Å². The lowest BCUT2D eigenvalue weighted by atomic mass is 10.1. The quantitative estimate of drug-likeness (QED) is 0.283. The number of nitrogens with one attached hydrogen (secondary N) is 1. The zero-order chi connectivity index (χ0) is 26.4. The van der Waals surface area contributed by atoms with Crippen molar-refractivity contribution in [3.05, 3.63) is 81.8 Å². The summed E-state index contributed by atoms with van der Waals surface area (Å²) in [7, 11) is 1.31. The van der Waals surface area contributed by atoms with E-state index in [-0.39, 0.29) is 31.4 Å². The highest BCUT2D eigenvalue weighted by molar-refractivity contribution is 6.35. The van der Waals surface area contributed by atoms with E-state index in [0.717, 1.165) is 5.56 Å². The minimum atomic E-state index is -0.456. The Morgan fingerprint density at radius 1 is 1.08 bits per heavy atom. The molecule has 0 bridgehead atoms. The van der Waals surface area contributed by atoms with Crippen LogP contribution in [0.5, 0.6) is 11.5 Å². The van der Waals surface area contributed by atoms with E-state index in [1.807, 2.05) is 6.07 Å². The summed E-state index contributed by atoms with van der Waals surface area (Å²) in [6.07, 6.45) is 0.696. The average Bonchev–Trinajstić information content (AvgIpc) is 2.89. The van der Waals surface area contributed by atoms with Crippen LogP contribution >= 0.6 is 23.2 Å². The van der Waals surface area contributed by atoms with E-state index in [0.29, 0.717) is 51.5 Å². The maximum Gasteiger partial charge on any atom is 0.337 e. The first-order valence-corrected chi connectivity index (χ1v) is 12.2. The van der Waals surface area contributed by atoms with Crippen molar-refractivity contribution in [2.75, 3.05) is 30.5 Å². The molecule has 4 rings (SSSR count). The van der Waals surface area contributed by atoms with Gasteiger partial charge in [0.25, 0.3) is 5.91 Å². The number of nitrogens with zero attached hydrogens (tertiary/aromatic N) is 1. The Kier molecular flexibility index (Phi) is 8.53. The van der Waals surface area contributed by atoms with E-state index in [2.05, 4.69) is 5.32 Å². The highest BCUT2D eigenvalue weighted by atomic mass is 35.5. The van der Waals surface area contributed by atoms with Crippen molar-refractivity contribution in [1.29, 1.82) is 0 Å². The van der Waals surface area contributed by atoms with Crippen molar-refractivity contribution in [2.24, 2.45) is 0 Å². The van der Waals surface area contributed by atoms with Crippen LogP contribution in [-0.2, 0) is 20.9 Å². The van der Waals surface area contributed by atoms with Gasteiger partial charge in [-0.2, -0.15) is 0 Å². The summed E-state index contributed by atoms with van der Waals surface area (Å²) in [5.41, 5.74) is 2.19. The lowest BCUT2D eigenvalue weighted by Gasteiger charge is -2.30. The predicted molar refractivity (Wildman–Crippen MR) is 141 cm³/mol. The van der Waals surface area contributed by atoms with E-state index in [1.165, 1.54) is 7.11 Å². The molecule has 0 spiro atoms. The second kappa shape index (κ2) is 12.0. The lowest BCUT2D eigenvalue weighted by molar-refractivity contribution is -0.121. The molecule has 0 saturated carbocycles. The molecule has 1 N–H and O–H groups in total. The smallest absolute Gasteiger partial charge is 0.337 e. The number of benzene rings is 3. The third kappa shape index (κ3) is 6.72. The zero-order valence-electron chi connectivity index (χ0n) is 20.0. The molecule has 0 saturated heterocycles. The third-order valence-corrected chi connectivity index (χ3v) is 6.10. The Hall–Kier alpha value is -3.75. The van der Waals surface area contributed by atoms with Crippen LogP contribution in [0.15, 0.2) is 60.7 Å². The second-order valence-corrected chi connectivity index (χ2v) is 9.06. The lowest BCUT2D eigenvalue weighted by Crippen LogP contribution is -2.38. The maximum atomic E-state index is 12.7. The first-order chi connectivity index (χ1) is 17.8. The van der Waals surface area contributed by atoms with Gasteiger partial charge in [0.05, 0.1) is 36.5 Å². The van der Waals surface area contributed by atoms with E-state index in [1.54, 1.807) is 59.5 Å². The molecule has 37 heavy (non-hydrogen) atoms. The zero-order valence-corrected chi connectivity index (χ0v) is 21.5. The Balaban J connectivity index is 1.38. The molecule has 0 aliphatic carbocycles. The molecule has 0 unspecified atom stereocenters. The Bertz CT molecular complexity index is 1330. The fourth-order valence-corrected chi connectivity index (χ4v) is 4.24. The number of amides is 2. The van der Waals surface area contributed by atoms with Gasteiger partial charge < -0.3 is 24.4 Å². The van der Waals surface area contributed by atoms with Crippen LogP contribution in [0.25, 0.3) is 0 Å². The fourth-order valence-electron chi connectivity index (χ4n) is 3.78. The Morgan fingerprint density at radius 3 is 2.70 bits per heavy atom. The van der Waals surface area contributed by atoms with Crippen LogP contribution in [0.1, 0.15) is 28.8 Å². The molecule has 1 aliphatic heterocycles. The van der Waals surface area contributed by atoms with E-state index < -0.39 is 5.97 Å². The van der Waals surface area contributed by atoms with Crippen molar-refractivity contribution >= 4 is 52.4 Å². The average molecular weight is 543 g/mol. The number of rotatable bonds is 9. The fraction of sp³-hybridized carbons (Fsp3) is 0.222. The molecule has 3 aromatic carbocycles. The number of esters is 1. The number of fused-ring (bicyclic) bond motifs is 1. The van der Waals surface area contributed by atoms with Gasteiger partial charge in [0.1, 0.15) is 11.5 Å². The third-order valence-electron chi connectivity index (χ3n) is 5.57. The molecule has 0 radical (unpaired) electrons. The van der Waals surface area contributed by atoms with Gasteiger partial charge >= 0.3 is 5.97 Å². The highest BCUT2D eigenvalue weighted by Crippen LogP contribution is 2.35. The molecule has 0 atom stereocenters. The number of ether oxygens (including phenoxy) is 3. The molecular formula is C27H24Cl2N2O6. The van der Waals surface area contributed by atoms with Crippen molar-refractivity contribution in [1.82, 2.24) is 0 Å².